The number of ether oxygens (including phenoxy) is 1. The number of thiophene rings is 1. The SMILES string of the molecule is COc1ccsc1-c1cccc(-c2cccc(-c3ccccc3)n2)n1. The lowest BCUT2D eigenvalue weighted by atomic mass is 10.1. The summed E-state index contributed by atoms with van der Waals surface area (Å²) in [5, 5.41) is 2.01. The van der Waals surface area contributed by atoms with Crippen LogP contribution in [0.1, 0.15) is 0 Å². The van der Waals surface area contributed by atoms with Gasteiger partial charge >= 0.3 is 0 Å². The van der Waals surface area contributed by atoms with Crippen LogP contribution in [0, 0.1) is 0 Å². The molecule has 0 radical (unpaired) electrons. The van der Waals surface area contributed by atoms with Gasteiger partial charge in [-0.05, 0) is 35.7 Å². The van der Waals surface area contributed by atoms with Gasteiger partial charge in [-0.15, -0.1) is 11.3 Å². The van der Waals surface area contributed by atoms with Crippen molar-refractivity contribution in [3.63, 3.8) is 0 Å². The topological polar surface area (TPSA) is 35.0 Å². The molecule has 1 aromatic carbocycles. The molecule has 0 saturated heterocycles. The van der Waals surface area contributed by atoms with E-state index in [-0.39, 0.29) is 0 Å². The van der Waals surface area contributed by atoms with Crippen molar-refractivity contribution >= 4 is 11.3 Å². The molecule has 0 aliphatic heterocycles. The summed E-state index contributed by atoms with van der Waals surface area (Å²) in [5.41, 5.74) is 4.65. The van der Waals surface area contributed by atoms with Crippen LogP contribution < -0.4 is 4.74 Å². The third kappa shape index (κ3) is 3.16. The molecule has 25 heavy (non-hydrogen) atoms. The molecule has 3 nitrogen and oxygen atoms in total. The molecule has 0 atom stereocenters. The molecule has 0 fully saturated rings. The minimum Gasteiger partial charge on any atom is -0.495 e. The fourth-order valence-corrected chi connectivity index (χ4v) is 3.53. The third-order valence-corrected chi connectivity index (χ3v) is 4.83. The molecule has 0 amide bonds. The molecule has 122 valence electrons. The molecule has 0 aliphatic rings. The Morgan fingerprint density at radius 1 is 0.680 bits per heavy atom. The van der Waals surface area contributed by atoms with Crippen molar-refractivity contribution in [2.45, 2.75) is 0 Å². The van der Waals surface area contributed by atoms with Gasteiger partial charge in [-0.1, -0.05) is 42.5 Å². The zero-order valence-corrected chi connectivity index (χ0v) is 14.5. The molecule has 0 aliphatic carbocycles. The first-order chi connectivity index (χ1) is 12.3. The molecular formula is C21H16N2OS. The van der Waals surface area contributed by atoms with Gasteiger partial charge in [0.2, 0.25) is 0 Å². The summed E-state index contributed by atoms with van der Waals surface area (Å²) in [6.45, 7) is 0. The quantitative estimate of drug-likeness (QED) is 0.487. The molecule has 0 unspecified atom stereocenters. The van der Waals surface area contributed by atoms with Crippen molar-refractivity contribution < 1.29 is 4.74 Å². The Morgan fingerprint density at radius 3 is 2.04 bits per heavy atom. The molecule has 3 aromatic heterocycles. The first kappa shape index (κ1) is 15.5. The minimum atomic E-state index is 0.848. The second-order valence-electron chi connectivity index (χ2n) is 5.50. The summed E-state index contributed by atoms with van der Waals surface area (Å²) in [5.74, 6) is 0.848. The van der Waals surface area contributed by atoms with E-state index in [4.69, 9.17) is 14.7 Å². The predicted molar refractivity (Wildman–Crippen MR) is 103 cm³/mol. The Balaban J connectivity index is 1.75. The summed E-state index contributed by atoms with van der Waals surface area (Å²) >= 11 is 1.62. The number of methoxy groups -OCH3 is 1. The number of aromatic nitrogens is 2. The van der Waals surface area contributed by atoms with Crippen LogP contribution in [-0.4, -0.2) is 17.1 Å². The van der Waals surface area contributed by atoms with Crippen molar-refractivity contribution in [2.24, 2.45) is 0 Å². The van der Waals surface area contributed by atoms with Gasteiger partial charge in [0.15, 0.2) is 0 Å². The highest BCUT2D eigenvalue weighted by Crippen LogP contribution is 2.35. The van der Waals surface area contributed by atoms with E-state index in [0.29, 0.717) is 0 Å². The van der Waals surface area contributed by atoms with Crippen LogP contribution in [0.3, 0.4) is 0 Å². The standard InChI is InChI=1S/C21H16N2OS/c1-24-20-13-14-25-21(20)19-12-6-11-18(23-19)17-10-5-9-16(22-17)15-7-3-2-4-8-15/h2-14H,1H3. The highest BCUT2D eigenvalue weighted by atomic mass is 32.1. The predicted octanol–water partition coefficient (Wildman–Crippen LogP) is 5.55. The van der Waals surface area contributed by atoms with Crippen LogP contribution in [-0.2, 0) is 0 Å². The largest absolute Gasteiger partial charge is 0.495 e. The molecule has 3 heterocycles. The van der Waals surface area contributed by atoms with E-state index in [1.165, 1.54) is 0 Å². The second kappa shape index (κ2) is 6.87. The molecule has 0 saturated carbocycles. The monoisotopic (exact) mass is 344 g/mol. The maximum Gasteiger partial charge on any atom is 0.139 e. The third-order valence-electron chi connectivity index (χ3n) is 3.91. The number of benzene rings is 1. The average Bonchev–Trinajstić information content (AvgIpc) is 3.18. The average molecular weight is 344 g/mol. The van der Waals surface area contributed by atoms with E-state index in [1.54, 1.807) is 18.4 Å². The summed E-state index contributed by atoms with van der Waals surface area (Å²) < 4.78 is 5.42. The lowest BCUT2D eigenvalue weighted by Gasteiger charge is -2.07. The van der Waals surface area contributed by atoms with Gasteiger partial charge in [0, 0.05) is 5.56 Å². The van der Waals surface area contributed by atoms with Gasteiger partial charge < -0.3 is 4.74 Å². The Hall–Kier alpha value is -2.98. The number of nitrogens with zero attached hydrogens (tertiary/aromatic N) is 2. The van der Waals surface area contributed by atoms with Gasteiger partial charge in [0.25, 0.3) is 0 Å². The van der Waals surface area contributed by atoms with Crippen LogP contribution in [0.4, 0.5) is 0 Å². The van der Waals surface area contributed by atoms with E-state index in [0.717, 1.165) is 39.0 Å². The van der Waals surface area contributed by atoms with Gasteiger partial charge in [0.1, 0.15) is 5.75 Å². The summed E-state index contributed by atoms with van der Waals surface area (Å²) in [6, 6.07) is 24.2. The van der Waals surface area contributed by atoms with Crippen molar-refractivity contribution in [2.75, 3.05) is 7.11 Å². The van der Waals surface area contributed by atoms with Crippen LogP contribution in [0.15, 0.2) is 78.2 Å². The number of hydrogen-bond donors (Lipinski definition) is 0. The Kier molecular flexibility index (Phi) is 4.27. The van der Waals surface area contributed by atoms with Crippen LogP contribution in [0.25, 0.3) is 33.2 Å². The maximum absolute atomic E-state index is 5.42. The first-order valence-corrected chi connectivity index (χ1v) is 8.85. The fourth-order valence-electron chi connectivity index (χ4n) is 2.70. The van der Waals surface area contributed by atoms with Gasteiger partial charge in [0.05, 0.1) is 34.8 Å². The second-order valence-corrected chi connectivity index (χ2v) is 6.42. The minimum absolute atomic E-state index is 0.848. The van der Waals surface area contributed by atoms with E-state index >= 15 is 0 Å². The Labute approximate surface area is 150 Å². The number of hydrogen-bond acceptors (Lipinski definition) is 4. The Morgan fingerprint density at radius 2 is 1.32 bits per heavy atom. The van der Waals surface area contributed by atoms with E-state index in [2.05, 4.69) is 12.1 Å². The van der Waals surface area contributed by atoms with E-state index < -0.39 is 0 Å². The molecule has 4 aromatic rings. The first-order valence-electron chi connectivity index (χ1n) is 7.97. The lowest BCUT2D eigenvalue weighted by Crippen LogP contribution is -1.92. The number of rotatable bonds is 4. The summed E-state index contributed by atoms with van der Waals surface area (Å²) in [4.78, 5) is 10.6. The zero-order chi connectivity index (χ0) is 17.1. The van der Waals surface area contributed by atoms with Crippen LogP contribution in [0.5, 0.6) is 5.75 Å². The maximum atomic E-state index is 5.42. The molecule has 0 spiro atoms. The van der Waals surface area contributed by atoms with Crippen LogP contribution in [0.2, 0.25) is 0 Å². The number of pyridine rings is 2. The van der Waals surface area contributed by atoms with Gasteiger partial charge in [-0.25, -0.2) is 9.97 Å². The highest BCUT2D eigenvalue weighted by Gasteiger charge is 2.11. The van der Waals surface area contributed by atoms with Crippen molar-refractivity contribution in [3.8, 4) is 39.0 Å². The lowest BCUT2D eigenvalue weighted by molar-refractivity contribution is 0.418. The van der Waals surface area contributed by atoms with E-state index in [1.807, 2.05) is 66.0 Å². The Bertz CT molecular complexity index is 995. The van der Waals surface area contributed by atoms with Crippen molar-refractivity contribution in [1.82, 2.24) is 9.97 Å². The van der Waals surface area contributed by atoms with Gasteiger partial charge in [-0.2, -0.15) is 0 Å². The zero-order valence-electron chi connectivity index (χ0n) is 13.7. The summed E-state index contributed by atoms with van der Waals surface area (Å²) in [6.07, 6.45) is 0. The highest BCUT2D eigenvalue weighted by molar-refractivity contribution is 7.14. The normalized spacial score (nSPS) is 10.6. The van der Waals surface area contributed by atoms with Gasteiger partial charge in [-0.3, -0.25) is 0 Å². The summed E-state index contributed by atoms with van der Waals surface area (Å²) in [7, 11) is 1.68. The molecule has 0 bridgehead atoms. The molecule has 0 N–H and O–H groups in total. The van der Waals surface area contributed by atoms with Crippen LogP contribution >= 0.6 is 11.3 Å². The molecular weight excluding hydrogens is 328 g/mol. The molecule has 4 rings (SSSR count). The molecule has 4 heteroatoms. The van der Waals surface area contributed by atoms with Crippen molar-refractivity contribution in [1.29, 1.82) is 0 Å². The fraction of sp³-hybridized carbons (Fsp3) is 0.0476. The smallest absolute Gasteiger partial charge is 0.139 e. The van der Waals surface area contributed by atoms with Crippen molar-refractivity contribution in [3.05, 3.63) is 78.2 Å². The van der Waals surface area contributed by atoms with E-state index in [9.17, 15) is 0 Å².